The van der Waals surface area contributed by atoms with Crippen LogP contribution < -0.4 is 14.4 Å². The van der Waals surface area contributed by atoms with Crippen LogP contribution in [0.3, 0.4) is 0 Å². The van der Waals surface area contributed by atoms with Crippen LogP contribution in [-0.2, 0) is 27.9 Å². The summed E-state index contributed by atoms with van der Waals surface area (Å²) in [4.78, 5) is 15.4. The molecule has 0 saturated carbocycles. The van der Waals surface area contributed by atoms with Gasteiger partial charge in [0.25, 0.3) is 5.91 Å². The van der Waals surface area contributed by atoms with Gasteiger partial charge in [-0.1, -0.05) is 36.4 Å². The molecule has 0 spiro atoms. The Hall–Kier alpha value is -2.58. The van der Waals surface area contributed by atoms with Crippen molar-refractivity contribution in [2.45, 2.75) is 39.0 Å². The van der Waals surface area contributed by atoms with Crippen LogP contribution in [0.1, 0.15) is 30.9 Å². The van der Waals surface area contributed by atoms with E-state index >= 15 is 0 Å². The van der Waals surface area contributed by atoms with Gasteiger partial charge < -0.3 is 10.1 Å². The SMILES string of the molecule is CCS(=O)(=O)N1CC(C(=O)NCc2ccccc2CN2CCCC2)Oc2ccccc21. The number of para-hydroxylation sites is 2. The van der Waals surface area contributed by atoms with Gasteiger partial charge in [-0.25, -0.2) is 8.42 Å². The lowest BCUT2D eigenvalue weighted by molar-refractivity contribution is -0.127. The van der Waals surface area contributed by atoms with Gasteiger partial charge in [-0.3, -0.25) is 14.0 Å². The number of likely N-dealkylation sites (tertiary alicyclic amines) is 1. The number of carbonyl (C=O) groups excluding carboxylic acids is 1. The fraction of sp³-hybridized carbons (Fsp3) is 0.435. The van der Waals surface area contributed by atoms with Crippen molar-refractivity contribution >= 4 is 21.6 Å². The minimum absolute atomic E-state index is 0.0333. The number of fused-ring (bicyclic) bond motifs is 1. The maximum Gasteiger partial charge on any atom is 0.263 e. The van der Waals surface area contributed by atoms with E-state index < -0.39 is 16.1 Å². The molecule has 2 aliphatic heterocycles. The van der Waals surface area contributed by atoms with Crippen LogP contribution in [0.25, 0.3) is 0 Å². The maximum absolute atomic E-state index is 12.9. The van der Waals surface area contributed by atoms with Crippen LogP contribution in [0, 0.1) is 0 Å². The molecule has 0 aromatic heterocycles. The standard InChI is InChI=1S/C23H29N3O4S/c1-2-31(28,29)26-17-22(30-21-12-6-5-11-20(21)26)23(27)24-15-18-9-3-4-10-19(18)16-25-13-7-8-14-25/h3-6,9-12,22H,2,7-8,13-17H2,1H3,(H,24,27). The molecule has 0 radical (unpaired) electrons. The maximum atomic E-state index is 12.9. The van der Waals surface area contributed by atoms with Crippen LogP contribution in [0.5, 0.6) is 5.75 Å². The summed E-state index contributed by atoms with van der Waals surface area (Å²) in [6.07, 6.45) is 1.56. The van der Waals surface area contributed by atoms with Crippen molar-refractivity contribution in [1.82, 2.24) is 10.2 Å². The second-order valence-corrected chi connectivity index (χ2v) is 10.2. The summed E-state index contributed by atoms with van der Waals surface area (Å²) in [6.45, 7) is 5.04. The van der Waals surface area contributed by atoms with Crippen molar-refractivity contribution in [2.75, 3.05) is 29.7 Å². The Morgan fingerprint density at radius 3 is 2.48 bits per heavy atom. The van der Waals surface area contributed by atoms with Crippen molar-refractivity contribution in [3.63, 3.8) is 0 Å². The normalized spacial score (nSPS) is 19.0. The Balaban J connectivity index is 1.46. The second kappa shape index (κ2) is 9.28. The van der Waals surface area contributed by atoms with Crippen molar-refractivity contribution in [1.29, 1.82) is 0 Å². The summed E-state index contributed by atoms with van der Waals surface area (Å²) < 4.78 is 32.4. The summed E-state index contributed by atoms with van der Waals surface area (Å²) in [5.74, 6) is 0.0432. The largest absolute Gasteiger partial charge is 0.476 e. The minimum atomic E-state index is -3.52. The zero-order chi connectivity index (χ0) is 21.8. The molecule has 8 heteroatoms. The Kier molecular flexibility index (Phi) is 6.48. The lowest BCUT2D eigenvalue weighted by Crippen LogP contribution is -2.50. The summed E-state index contributed by atoms with van der Waals surface area (Å²) in [7, 11) is -3.52. The lowest BCUT2D eigenvalue weighted by Gasteiger charge is -2.34. The number of anilines is 1. The quantitative estimate of drug-likeness (QED) is 0.711. The van der Waals surface area contributed by atoms with Crippen LogP contribution in [0.2, 0.25) is 0 Å². The first-order valence-electron chi connectivity index (χ1n) is 10.8. The predicted octanol–water partition coefficient (Wildman–Crippen LogP) is 2.52. The summed E-state index contributed by atoms with van der Waals surface area (Å²) in [6, 6.07) is 15.0. The van der Waals surface area contributed by atoms with Gasteiger partial charge in [0.2, 0.25) is 10.0 Å². The summed E-state index contributed by atoms with van der Waals surface area (Å²) >= 11 is 0. The zero-order valence-corrected chi connectivity index (χ0v) is 18.6. The first-order chi connectivity index (χ1) is 15.0. The van der Waals surface area contributed by atoms with Crippen LogP contribution in [-0.4, -0.2) is 50.7 Å². The van der Waals surface area contributed by atoms with Gasteiger partial charge in [0, 0.05) is 13.1 Å². The van der Waals surface area contributed by atoms with Gasteiger partial charge in [0.1, 0.15) is 5.75 Å². The van der Waals surface area contributed by atoms with Gasteiger partial charge in [-0.2, -0.15) is 0 Å². The molecule has 0 bridgehead atoms. The van der Waals surface area contributed by atoms with Crippen LogP contribution in [0.4, 0.5) is 5.69 Å². The van der Waals surface area contributed by atoms with Crippen LogP contribution in [0.15, 0.2) is 48.5 Å². The summed E-state index contributed by atoms with van der Waals surface area (Å²) in [5, 5.41) is 2.95. The molecular weight excluding hydrogens is 414 g/mol. The minimum Gasteiger partial charge on any atom is -0.476 e. The Labute approximate surface area is 184 Å². The molecular formula is C23H29N3O4S. The molecule has 1 fully saturated rings. The third-order valence-corrected chi connectivity index (χ3v) is 7.64. The molecule has 1 N–H and O–H groups in total. The van der Waals surface area contributed by atoms with E-state index in [2.05, 4.69) is 16.3 Å². The monoisotopic (exact) mass is 443 g/mol. The molecule has 7 nitrogen and oxygen atoms in total. The van der Waals surface area contributed by atoms with E-state index in [0.717, 1.165) is 25.2 Å². The Morgan fingerprint density at radius 2 is 1.74 bits per heavy atom. The average molecular weight is 444 g/mol. The van der Waals surface area contributed by atoms with E-state index in [0.29, 0.717) is 18.0 Å². The molecule has 4 rings (SSSR count). The van der Waals surface area contributed by atoms with E-state index in [1.807, 2.05) is 18.2 Å². The number of hydrogen-bond donors (Lipinski definition) is 1. The second-order valence-electron chi connectivity index (χ2n) is 7.98. The first kappa shape index (κ1) is 21.6. The first-order valence-corrected chi connectivity index (χ1v) is 12.4. The number of ether oxygens (including phenoxy) is 1. The van der Waals surface area contributed by atoms with Crippen molar-refractivity contribution in [2.24, 2.45) is 0 Å². The van der Waals surface area contributed by atoms with Gasteiger partial charge >= 0.3 is 0 Å². The Morgan fingerprint density at radius 1 is 1.06 bits per heavy atom. The van der Waals surface area contributed by atoms with Crippen molar-refractivity contribution < 1.29 is 17.9 Å². The number of sulfonamides is 1. The van der Waals surface area contributed by atoms with Gasteiger partial charge in [0.05, 0.1) is 18.0 Å². The highest BCUT2D eigenvalue weighted by Crippen LogP contribution is 2.35. The summed E-state index contributed by atoms with van der Waals surface area (Å²) in [5.41, 5.74) is 2.75. The number of amides is 1. The topological polar surface area (TPSA) is 79.0 Å². The predicted molar refractivity (Wildman–Crippen MR) is 120 cm³/mol. The highest BCUT2D eigenvalue weighted by Gasteiger charge is 2.35. The number of rotatable bonds is 7. The molecule has 2 aromatic rings. The molecule has 0 aliphatic carbocycles. The van der Waals surface area contributed by atoms with Crippen molar-refractivity contribution in [3.8, 4) is 5.75 Å². The zero-order valence-electron chi connectivity index (χ0n) is 17.8. The molecule has 2 aromatic carbocycles. The number of nitrogens with zero attached hydrogens (tertiary/aromatic N) is 2. The molecule has 1 unspecified atom stereocenters. The van der Waals surface area contributed by atoms with E-state index in [9.17, 15) is 13.2 Å². The fourth-order valence-corrected chi connectivity index (χ4v) is 5.24. The highest BCUT2D eigenvalue weighted by atomic mass is 32.2. The number of nitrogens with one attached hydrogen (secondary N) is 1. The molecule has 2 aliphatic rings. The van der Waals surface area contributed by atoms with Crippen molar-refractivity contribution in [3.05, 3.63) is 59.7 Å². The van der Waals surface area contributed by atoms with Crippen LogP contribution >= 0.6 is 0 Å². The van der Waals surface area contributed by atoms with E-state index in [1.165, 1.54) is 22.7 Å². The van der Waals surface area contributed by atoms with Gasteiger partial charge in [-0.05, 0) is 56.1 Å². The molecule has 1 amide bonds. The molecule has 1 atom stereocenters. The third kappa shape index (κ3) is 4.85. The molecule has 166 valence electrons. The number of hydrogen-bond acceptors (Lipinski definition) is 5. The van der Waals surface area contributed by atoms with E-state index in [1.54, 1.807) is 31.2 Å². The van der Waals surface area contributed by atoms with E-state index in [-0.39, 0.29) is 18.2 Å². The average Bonchev–Trinajstić information content (AvgIpc) is 3.30. The van der Waals surface area contributed by atoms with E-state index in [4.69, 9.17) is 4.74 Å². The Bertz CT molecular complexity index is 1030. The smallest absolute Gasteiger partial charge is 0.263 e. The number of benzene rings is 2. The number of carbonyl (C=O) groups is 1. The highest BCUT2D eigenvalue weighted by molar-refractivity contribution is 7.92. The van der Waals surface area contributed by atoms with Gasteiger partial charge in [0.15, 0.2) is 6.10 Å². The molecule has 2 heterocycles. The van der Waals surface area contributed by atoms with Gasteiger partial charge in [-0.15, -0.1) is 0 Å². The molecule has 1 saturated heterocycles. The molecule has 31 heavy (non-hydrogen) atoms. The fourth-order valence-electron chi connectivity index (χ4n) is 4.12. The lowest BCUT2D eigenvalue weighted by atomic mass is 10.1. The third-order valence-electron chi connectivity index (χ3n) is 5.89.